The molecule has 1 atom stereocenters. The van der Waals surface area contributed by atoms with Crippen molar-refractivity contribution in [2.24, 2.45) is 0 Å². The fourth-order valence-corrected chi connectivity index (χ4v) is 3.54. The lowest BCUT2D eigenvalue weighted by atomic mass is 10.1. The number of anilines is 1. The number of rotatable bonds is 3. The van der Waals surface area contributed by atoms with Crippen molar-refractivity contribution in [1.82, 2.24) is 9.88 Å². The number of hydrogen-bond acceptors (Lipinski definition) is 3. The quantitative estimate of drug-likeness (QED) is 0.793. The summed E-state index contributed by atoms with van der Waals surface area (Å²) in [6.45, 7) is 4.79. The van der Waals surface area contributed by atoms with Gasteiger partial charge in [0.1, 0.15) is 5.82 Å². The molecule has 3 nitrogen and oxygen atoms in total. The third kappa shape index (κ3) is 2.87. The molecule has 1 unspecified atom stereocenters. The number of nitrogens with zero attached hydrogens (tertiary/aromatic N) is 3. The van der Waals surface area contributed by atoms with E-state index in [-0.39, 0.29) is 0 Å². The van der Waals surface area contributed by atoms with Gasteiger partial charge in [0.2, 0.25) is 0 Å². The number of likely N-dealkylation sites (tertiary alicyclic amines) is 1. The molecular formula is C15H22ClN3. The molecule has 0 N–H and O–H groups in total. The maximum absolute atomic E-state index is 6.02. The van der Waals surface area contributed by atoms with Crippen LogP contribution in [0.1, 0.15) is 31.2 Å². The Labute approximate surface area is 120 Å². The molecule has 2 aliphatic rings. The zero-order chi connectivity index (χ0) is 13.1. The van der Waals surface area contributed by atoms with Gasteiger partial charge in [0.15, 0.2) is 0 Å². The second kappa shape index (κ2) is 6.10. The first-order valence-electron chi connectivity index (χ1n) is 7.37. The minimum absolute atomic E-state index is 0.550. The van der Waals surface area contributed by atoms with E-state index >= 15 is 0 Å². The molecule has 0 bridgehead atoms. The van der Waals surface area contributed by atoms with Gasteiger partial charge in [-0.3, -0.25) is 4.90 Å². The Morgan fingerprint density at radius 2 is 2.05 bits per heavy atom. The zero-order valence-electron chi connectivity index (χ0n) is 11.4. The van der Waals surface area contributed by atoms with Crippen LogP contribution >= 0.6 is 11.6 Å². The van der Waals surface area contributed by atoms with Crippen LogP contribution in [-0.4, -0.2) is 42.1 Å². The zero-order valence-corrected chi connectivity index (χ0v) is 12.1. The SMILES string of the molecule is ClCc1cccnc1N1CCC(N2CCCCC2)C1. The Balaban J connectivity index is 1.67. The van der Waals surface area contributed by atoms with Crippen molar-refractivity contribution in [2.75, 3.05) is 31.1 Å². The highest BCUT2D eigenvalue weighted by Gasteiger charge is 2.29. The summed E-state index contributed by atoms with van der Waals surface area (Å²) < 4.78 is 0. The molecule has 2 aliphatic heterocycles. The van der Waals surface area contributed by atoms with Crippen LogP contribution in [0.25, 0.3) is 0 Å². The Morgan fingerprint density at radius 1 is 1.21 bits per heavy atom. The average Bonchev–Trinajstić information content (AvgIpc) is 2.98. The normalized spacial score (nSPS) is 24.9. The summed E-state index contributed by atoms with van der Waals surface area (Å²) in [5, 5.41) is 0. The highest BCUT2D eigenvalue weighted by molar-refractivity contribution is 6.17. The van der Waals surface area contributed by atoms with E-state index in [1.807, 2.05) is 12.3 Å². The van der Waals surface area contributed by atoms with E-state index in [0.29, 0.717) is 11.9 Å². The van der Waals surface area contributed by atoms with Crippen molar-refractivity contribution in [3.05, 3.63) is 23.9 Å². The first kappa shape index (κ1) is 13.2. The fraction of sp³-hybridized carbons (Fsp3) is 0.667. The van der Waals surface area contributed by atoms with Crippen LogP contribution < -0.4 is 4.90 Å². The van der Waals surface area contributed by atoms with Gasteiger partial charge in [-0.25, -0.2) is 4.98 Å². The van der Waals surface area contributed by atoms with E-state index in [0.717, 1.165) is 24.5 Å². The number of piperidine rings is 1. The van der Waals surface area contributed by atoms with Gasteiger partial charge in [0, 0.05) is 30.9 Å². The van der Waals surface area contributed by atoms with Gasteiger partial charge in [-0.2, -0.15) is 0 Å². The van der Waals surface area contributed by atoms with E-state index in [1.165, 1.54) is 38.8 Å². The minimum atomic E-state index is 0.550. The van der Waals surface area contributed by atoms with E-state index < -0.39 is 0 Å². The molecule has 19 heavy (non-hydrogen) atoms. The molecule has 3 rings (SSSR count). The van der Waals surface area contributed by atoms with Gasteiger partial charge in [-0.1, -0.05) is 12.5 Å². The van der Waals surface area contributed by atoms with E-state index in [4.69, 9.17) is 11.6 Å². The Morgan fingerprint density at radius 3 is 2.84 bits per heavy atom. The summed E-state index contributed by atoms with van der Waals surface area (Å²) in [6.07, 6.45) is 7.28. The van der Waals surface area contributed by atoms with Crippen LogP contribution in [0.2, 0.25) is 0 Å². The van der Waals surface area contributed by atoms with Gasteiger partial charge < -0.3 is 4.90 Å². The monoisotopic (exact) mass is 279 g/mol. The van der Waals surface area contributed by atoms with Gasteiger partial charge in [0.05, 0.1) is 5.88 Å². The molecule has 1 aromatic rings. The molecule has 1 aromatic heterocycles. The summed E-state index contributed by atoms with van der Waals surface area (Å²) in [5.41, 5.74) is 1.16. The maximum Gasteiger partial charge on any atom is 0.132 e. The molecule has 2 fully saturated rings. The third-order valence-electron chi connectivity index (χ3n) is 4.38. The molecule has 0 spiro atoms. The number of pyridine rings is 1. The molecule has 0 aliphatic carbocycles. The highest BCUT2D eigenvalue weighted by atomic mass is 35.5. The minimum Gasteiger partial charge on any atom is -0.355 e. The van der Waals surface area contributed by atoms with Gasteiger partial charge in [-0.15, -0.1) is 11.6 Å². The lowest BCUT2D eigenvalue weighted by Crippen LogP contribution is -2.41. The standard InChI is InChI=1S/C15H22ClN3/c16-11-13-5-4-7-17-15(13)19-10-6-14(12-19)18-8-2-1-3-9-18/h4-5,7,14H,1-3,6,8-12H2. The number of hydrogen-bond donors (Lipinski definition) is 0. The molecule has 2 saturated heterocycles. The fourth-order valence-electron chi connectivity index (χ4n) is 3.34. The second-order valence-electron chi connectivity index (χ2n) is 5.60. The average molecular weight is 280 g/mol. The van der Waals surface area contributed by atoms with Crippen LogP contribution in [0.5, 0.6) is 0 Å². The van der Waals surface area contributed by atoms with E-state index in [1.54, 1.807) is 0 Å². The third-order valence-corrected chi connectivity index (χ3v) is 4.67. The second-order valence-corrected chi connectivity index (χ2v) is 5.87. The molecule has 4 heteroatoms. The largest absolute Gasteiger partial charge is 0.355 e. The summed E-state index contributed by atoms with van der Waals surface area (Å²) in [7, 11) is 0. The predicted molar refractivity (Wildman–Crippen MR) is 79.8 cm³/mol. The van der Waals surface area contributed by atoms with Crippen LogP contribution in [-0.2, 0) is 5.88 Å². The summed E-state index contributed by atoms with van der Waals surface area (Å²) in [6, 6.07) is 4.77. The molecule has 0 aromatic carbocycles. The lowest BCUT2D eigenvalue weighted by Gasteiger charge is -2.32. The molecule has 104 valence electrons. The summed E-state index contributed by atoms with van der Waals surface area (Å²) in [4.78, 5) is 9.62. The van der Waals surface area contributed by atoms with Crippen LogP contribution in [0.15, 0.2) is 18.3 Å². The van der Waals surface area contributed by atoms with Crippen molar-refractivity contribution >= 4 is 17.4 Å². The molecule has 0 amide bonds. The van der Waals surface area contributed by atoms with Crippen molar-refractivity contribution in [1.29, 1.82) is 0 Å². The Hall–Kier alpha value is -0.800. The topological polar surface area (TPSA) is 19.4 Å². The Kier molecular flexibility index (Phi) is 4.24. The number of halogens is 1. The lowest BCUT2D eigenvalue weighted by molar-refractivity contribution is 0.175. The van der Waals surface area contributed by atoms with Gasteiger partial charge >= 0.3 is 0 Å². The molecule has 3 heterocycles. The first-order chi connectivity index (χ1) is 9.38. The summed E-state index contributed by atoms with van der Waals surface area (Å²) in [5.74, 6) is 1.64. The van der Waals surface area contributed by atoms with Crippen LogP contribution in [0.3, 0.4) is 0 Å². The number of aromatic nitrogens is 1. The molecular weight excluding hydrogens is 258 g/mol. The van der Waals surface area contributed by atoms with Gasteiger partial charge in [0.25, 0.3) is 0 Å². The van der Waals surface area contributed by atoms with Crippen molar-refractivity contribution in [3.8, 4) is 0 Å². The highest BCUT2D eigenvalue weighted by Crippen LogP contribution is 2.26. The predicted octanol–water partition coefficient (Wildman–Crippen LogP) is 2.89. The Bertz CT molecular complexity index is 418. The van der Waals surface area contributed by atoms with Gasteiger partial charge in [-0.05, 0) is 38.4 Å². The van der Waals surface area contributed by atoms with Crippen molar-refractivity contribution in [2.45, 2.75) is 37.6 Å². The molecule has 0 radical (unpaired) electrons. The molecule has 0 saturated carbocycles. The number of alkyl halides is 1. The maximum atomic E-state index is 6.02. The first-order valence-corrected chi connectivity index (χ1v) is 7.91. The summed E-state index contributed by atoms with van der Waals surface area (Å²) >= 11 is 6.02. The smallest absolute Gasteiger partial charge is 0.132 e. The van der Waals surface area contributed by atoms with Crippen molar-refractivity contribution in [3.63, 3.8) is 0 Å². The van der Waals surface area contributed by atoms with E-state index in [9.17, 15) is 0 Å². The van der Waals surface area contributed by atoms with Crippen LogP contribution in [0, 0.1) is 0 Å². The van der Waals surface area contributed by atoms with E-state index in [2.05, 4.69) is 20.9 Å². The van der Waals surface area contributed by atoms with Crippen molar-refractivity contribution < 1.29 is 0 Å². The van der Waals surface area contributed by atoms with Crippen LogP contribution in [0.4, 0.5) is 5.82 Å².